The van der Waals surface area contributed by atoms with Gasteiger partial charge >= 0.3 is 0 Å². The number of nitrogens with zero attached hydrogens (tertiary/aromatic N) is 1. The van der Waals surface area contributed by atoms with E-state index >= 15 is 0 Å². The van der Waals surface area contributed by atoms with Crippen LogP contribution in [-0.2, 0) is 14.4 Å². The molecule has 1 atom stereocenters. The standard InChI is InChI=1S/C24H25NO6/c1-31-18-13-11-16(12-14-18)21-20(22(28)17-8-4-2-5-9-17)23(29)24(30)25(21)15-7-3-6-10-19(26)27/h2,4-5,8-9,11-14,21,28H,3,6-7,10,15H2,1H3,(H,26,27)/p-1/t21-/m0/s1. The van der Waals surface area contributed by atoms with Gasteiger partial charge in [-0.3, -0.25) is 9.59 Å². The lowest BCUT2D eigenvalue weighted by Gasteiger charge is -2.25. The average Bonchev–Trinajstić information content (AvgIpc) is 3.03. The van der Waals surface area contributed by atoms with Gasteiger partial charge in [0.05, 0.1) is 18.7 Å². The molecule has 0 aromatic heterocycles. The van der Waals surface area contributed by atoms with Crippen LogP contribution in [-0.4, -0.2) is 41.3 Å². The molecular weight excluding hydrogens is 398 g/mol. The molecule has 0 aliphatic carbocycles. The Labute approximate surface area is 180 Å². The number of hydrogen-bond donors (Lipinski definition) is 1. The third kappa shape index (κ3) is 4.94. The third-order valence-electron chi connectivity index (χ3n) is 5.30. The average molecular weight is 422 g/mol. The van der Waals surface area contributed by atoms with E-state index in [9.17, 15) is 24.6 Å². The maximum Gasteiger partial charge on any atom is 0.295 e. The van der Waals surface area contributed by atoms with Gasteiger partial charge in [-0.15, -0.1) is 0 Å². The smallest absolute Gasteiger partial charge is 0.295 e. The summed E-state index contributed by atoms with van der Waals surface area (Å²) < 4.78 is 5.19. The summed E-state index contributed by atoms with van der Waals surface area (Å²) in [7, 11) is 1.54. The van der Waals surface area contributed by atoms with Crippen LogP contribution in [0.4, 0.5) is 0 Å². The monoisotopic (exact) mass is 422 g/mol. The molecule has 1 saturated heterocycles. The second-order valence-electron chi connectivity index (χ2n) is 7.31. The number of rotatable bonds is 9. The largest absolute Gasteiger partial charge is 0.550 e. The molecule has 0 bridgehead atoms. The highest BCUT2D eigenvalue weighted by molar-refractivity contribution is 6.46. The van der Waals surface area contributed by atoms with Crippen LogP contribution in [0.2, 0.25) is 0 Å². The first-order chi connectivity index (χ1) is 14.9. The summed E-state index contributed by atoms with van der Waals surface area (Å²) in [6, 6.07) is 14.9. The zero-order valence-electron chi connectivity index (χ0n) is 17.2. The van der Waals surface area contributed by atoms with Gasteiger partial charge in [0.25, 0.3) is 11.7 Å². The number of Topliss-reactive ketones (excluding diaryl/α,β-unsaturated/α-hetero) is 1. The summed E-state index contributed by atoms with van der Waals surface area (Å²) in [6.07, 6.45) is 1.49. The highest BCUT2D eigenvalue weighted by Crippen LogP contribution is 2.39. The lowest BCUT2D eigenvalue weighted by Crippen LogP contribution is -2.30. The Bertz CT molecular complexity index is 981. The summed E-state index contributed by atoms with van der Waals surface area (Å²) in [5.41, 5.74) is 1.16. The van der Waals surface area contributed by atoms with Crippen molar-refractivity contribution in [2.24, 2.45) is 0 Å². The second kappa shape index (κ2) is 9.93. The molecule has 0 radical (unpaired) electrons. The van der Waals surface area contributed by atoms with Gasteiger partial charge < -0.3 is 24.6 Å². The number of carbonyl (C=O) groups excluding carboxylic acids is 3. The van der Waals surface area contributed by atoms with Gasteiger partial charge in [-0.1, -0.05) is 48.9 Å². The second-order valence-corrected chi connectivity index (χ2v) is 7.31. The number of amides is 1. The highest BCUT2D eigenvalue weighted by Gasteiger charge is 2.45. The van der Waals surface area contributed by atoms with Crippen molar-refractivity contribution in [1.82, 2.24) is 4.90 Å². The third-order valence-corrected chi connectivity index (χ3v) is 5.30. The quantitative estimate of drug-likeness (QED) is 0.288. The molecule has 2 aromatic carbocycles. The number of aliphatic carboxylic acids is 1. The Morgan fingerprint density at radius 3 is 2.32 bits per heavy atom. The number of hydrogen-bond acceptors (Lipinski definition) is 6. The van der Waals surface area contributed by atoms with Crippen molar-refractivity contribution >= 4 is 23.4 Å². The van der Waals surface area contributed by atoms with Crippen molar-refractivity contribution in [1.29, 1.82) is 0 Å². The van der Waals surface area contributed by atoms with E-state index in [4.69, 9.17) is 4.74 Å². The predicted octanol–water partition coefficient (Wildman–Crippen LogP) is 2.43. The van der Waals surface area contributed by atoms with Crippen LogP contribution in [0.1, 0.15) is 42.9 Å². The van der Waals surface area contributed by atoms with Gasteiger partial charge in [-0.25, -0.2) is 0 Å². The normalized spacial score (nSPS) is 17.7. The Kier molecular flexibility index (Phi) is 7.07. The summed E-state index contributed by atoms with van der Waals surface area (Å²) >= 11 is 0. The number of likely N-dealkylation sites (tertiary alicyclic amines) is 1. The Morgan fingerprint density at radius 1 is 1.03 bits per heavy atom. The lowest BCUT2D eigenvalue weighted by atomic mass is 9.95. The maximum atomic E-state index is 12.9. The van der Waals surface area contributed by atoms with Crippen molar-refractivity contribution in [2.45, 2.75) is 31.7 Å². The molecule has 162 valence electrons. The number of carboxylic acid groups (broad SMARTS) is 1. The fraction of sp³-hybridized carbons (Fsp3) is 0.292. The van der Waals surface area contributed by atoms with Gasteiger partial charge in [-0.05, 0) is 37.0 Å². The van der Waals surface area contributed by atoms with Gasteiger partial charge in [0.1, 0.15) is 11.5 Å². The lowest BCUT2D eigenvalue weighted by molar-refractivity contribution is -0.305. The minimum Gasteiger partial charge on any atom is -0.550 e. The number of benzene rings is 2. The van der Waals surface area contributed by atoms with E-state index in [1.54, 1.807) is 61.7 Å². The Hall–Kier alpha value is -3.61. The van der Waals surface area contributed by atoms with Crippen LogP contribution >= 0.6 is 0 Å². The van der Waals surface area contributed by atoms with Crippen molar-refractivity contribution in [3.05, 3.63) is 71.3 Å². The predicted molar refractivity (Wildman–Crippen MR) is 112 cm³/mol. The van der Waals surface area contributed by atoms with Crippen LogP contribution in [0.15, 0.2) is 60.2 Å². The zero-order chi connectivity index (χ0) is 22.4. The molecule has 1 aliphatic heterocycles. The van der Waals surface area contributed by atoms with Gasteiger partial charge in [0.2, 0.25) is 0 Å². The van der Waals surface area contributed by atoms with Crippen LogP contribution in [0.25, 0.3) is 5.76 Å². The number of unbranched alkanes of at least 4 members (excludes halogenated alkanes) is 2. The van der Waals surface area contributed by atoms with E-state index in [1.807, 2.05) is 0 Å². The van der Waals surface area contributed by atoms with Crippen LogP contribution in [0.3, 0.4) is 0 Å². The number of ether oxygens (including phenoxy) is 1. The molecule has 1 heterocycles. The van der Waals surface area contributed by atoms with Crippen molar-refractivity contribution < 1.29 is 29.3 Å². The number of ketones is 1. The minimum atomic E-state index is -1.11. The molecule has 1 aliphatic rings. The first-order valence-electron chi connectivity index (χ1n) is 10.1. The summed E-state index contributed by atoms with van der Waals surface area (Å²) in [5, 5.41) is 21.5. The number of aliphatic hydroxyl groups excluding tert-OH is 1. The minimum absolute atomic E-state index is 0.0381. The molecular formula is C24H24NO6-. The van der Waals surface area contributed by atoms with E-state index in [0.717, 1.165) is 0 Å². The van der Waals surface area contributed by atoms with Crippen molar-refractivity contribution in [2.75, 3.05) is 13.7 Å². The number of aliphatic hydroxyl groups is 1. The van der Waals surface area contributed by atoms with Crippen molar-refractivity contribution in [3.8, 4) is 5.75 Å². The first kappa shape index (κ1) is 22.1. The van der Waals surface area contributed by atoms with Gasteiger partial charge in [-0.2, -0.15) is 0 Å². The topological polar surface area (TPSA) is 107 Å². The summed E-state index contributed by atoms with van der Waals surface area (Å²) in [6.45, 7) is 0.264. The highest BCUT2D eigenvalue weighted by atomic mass is 16.5. The van der Waals surface area contributed by atoms with Crippen LogP contribution in [0.5, 0.6) is 5.75 Å². The number of carboxylic acids is 1. The van der Waals surface area contributed by atoms with Gasteiger partial charge in [0, 0.05) is 18.1 Å². The van der Waals surface area contributed by atoms with Gasteiger partial charge in [0.15, 0.2) is 0 Å². The van der Waals surface area contributed by atoms with E-state index in [2.05, 4.69) is 0 Å². The molecule has 0 saturated carbocycles. The van der Waals surface area contributed by atoms with E-state index in [-0.39, 0.29) is 24.3 Å². The molecule has 1 amide bonds. The van der Waals surface area contributed by atoms with Crippen LogP contribution in [0, 0.1) is 0 Å². The maximum absolute atomic E-state index is 12.9. The number of methoxy groups -OCH3 is 1. The molecule has 0 unspecified atom stereocenters. The molecule has 7 heteroatoms. The molecule has 1 N–H and O–H groups in total. The van der Waals surface area contributed by atoms with Crippen molar-refractivity contribution in [3.63, 3.8) is 0 Å². The molecule has 2 aromatic rings. The molecule has 7 nitrogen and oxygen atoms in total. The fourth-order valence-electron chi connectivity index (χ4n) is 3.72. The summed E-state index contributed by atoms with van der Waals surface area (Å²) in [5.74, 6) is -2.12. The van der Waals surface area contributed by atoms with E-state index in [1.165, 1.54) is 4.90 Å². The Balaban J connectivity index is 1.96. The molecule has 1 fully saturated rings. The zero-order valence-corrected chi connectivity index (χ0v) is 17.2. The van der Waals surface area contributed by atoms with E-state index in [0.29, 0.717) is 36.1 Å². The molecule has 31 heavy (non-hydrogen) atoms. The SMILES string of the molecule is COc1ccc([C@H]2C(=C(O)c3ccccc3)C(=O)C(=O)N2CCCCCC(=O)[O-])cc1. The first-order valence-corrected chi connectivity index (χ1v) is 10.1. The Morgan fingerprint density at radius 2 is 1.71 bits per heavy atom. The number of carbonyl (C=O) groups is 3. The summed E-state index contributed by atoms with van der Waals surface area (Å²) in [4.78, 5) is 37.8. The van der Waals surface area contributed by atoms with E-state index < -0.39 is 23.7 Å². The fourth-order valence-corrected chi connectivity index (χ4v) is 3.72. The van der Waals surface area contributed by atoms with Crippen LogP contribution < -0.4 is 9.84 Å². The molecule has 0 spiro atoms. The molecule has 3 rings (SSSR count).